The van der Waals surface area contributed by atoms with Crippen molar-refractivity contribution < 1.29 is 4.48 Å². The van der Waals surface area contributed by atoms with Crippen molar-refractivity contribution in [2.24, 2.45) is 0 Å². The van der Waals surface area contributed by atoms with Gasteiger partial charge in [0, 0.05) is 16.7 Å². The third kappa shape index (κ3) is 6.56. The van der Waals surface area contributed by atoms with Crippen LogP contribution >= 0.6 is 7.92 Å². The number of quaternary nitrogens is 1. The molecule has 7 aromatic rings. The molecule has 0 saturated heterocycles. The molecule has 276 valence electrons. The van der Waals surface area contributed by atoms with Gasteiger partial charge in [-0.25, -0.2) is 0 Å². The van der Waals surface area contributed by atoms with E-state index in [4.69, 9.17) is 0 Å². The number of fused-ring (bicyclic) bond motifs is 7. The summed E-state index contributed by atoms with van der Waals surface area (Å²) in [5.41, 5.74) is 19.9. The fourth-order valence-electron chi connectivity index (χ4n) is 10.4. The Morgan fingerprint density at radius 2 is 0.857 bits per heavy atom. The van der Waals surface area contributed by atoms with Crippen LogP contribution in [0.15, 0.2) is 158 Å². The second-order valence-electron chi connectivity index (χ2n) is 16.7. The predicted molar refractivity (Wildman–Crippen MR) is 238 cm³/mol. The minimum Gasteiger partial charge on any atom is -0.315 e. The zero-order valence-electron chi connectivity index (χ0n) is 32.7. The molecule has 0 spiro atoms. The molecule has 0 atom stereocenters. The topological polar surface area (TPSA) is 0 Å². The molecular formula is C54H51NP+. The Hall–Kier alpha value is -5.07. The molecule has 56 heavy (non-hydrogen) atoms. The van der Waals surface area contributed by atoms with Gasteiger partial charge in [-0.1, -0.05) is 158 Å². The van der Waals surface area contributed by atoms with Crippen LogP contribution in [0.2, 0.25) is 0 Å². The molecule has 0 unspecified atom stereocenters. The van der Waals surface area contributed by atoms with Crippen LogP contribution in [-0.4, -0.2) is 11.5 Å². The zero-order valence-corrected chi connectivity index (χ0v) is 33.6. The fourth-order valence-corrected chi connectivity index (χ4v) is 12.8. The van der Waals surface area contributed by atoms with E-state index in [1.165, 1.54) is 95.1 Å². The van der Waals surface area contributed by atoms with E-state index in [0.717, 1.165) is 24.1 Å². The van der Waals surface area contributed by atoms with Crippen LogP contribution in [0.25, 0.3) is 33.4 Å². The Labute approximate surface area is 335 Å². The van der Waals surface area contributed by atoms with E-state index < -0.39 is 7.92 Å². The number of hydrogen-bond acceptors (Lipinski definition) is 0. The van der Waals surface area contributed by atoms with Crippen molar-refractivity contribution in [2.75, 3.05) is 7.05 Å². The largest absolute Gasteiger partial charge is 0.315 e. The Balaban J connectivity index is 1.24. The average molecular weight is 745 g/mol. The average Bonchev–Trinajstić information content (AvgIpc) is 3.39. The first-order chi connectivity index (χ1) is 27.6. The number of rotatable bonds is 7. The molecule has 1 heterocycles. The van der Waals surface area contributed by atoms with Gasteiger partial charge in [-0.15, -0.1) is 0 Å². The molecule has 7 aromatic carbocycles. The highest BCUT2D eigenvalue weighted by Gasteiger charge is 2.38. The molecule has 0 aromatic heterocycles. The van der Waals surface area contributed by atoms with Crippen LogP contribution in [0.3, 0.4) is 0 Å². The Kier molecular flexibility index (Phi) is 9.54. The van der Waals surface area contributed by atoms with E-state index in [9.17, 15) is 0 Å². The molecule has 1 nitrogen and oxygen atoms in total. The van der Waals surface area contributed by atoms with E-state index >= 15 is 0 Å². The van der Waals surface area contributed by atoms with Gasteiger partial charge in [-0.05, 0) is 131 Å². The fraction of sp³-hybridized carbons (Fsp3) is 0.222. The second kappa shape index (κ2) is 15.1. The maximum Gasteiger partial charge on any atom is 0.106 e. The highest BCUT2D eigenvalue weighted by Crippen LogP contribution is 2.51. The molecule has 0 fully saturated rings. The lowest BCUT2D eigenvalue weighted by Gasteiger charge is -2.36. The second-order valence-corrected chi connectivity index (χ2v) is 18.9. The molecule has 10 rings (SSSR count). The molecule has 0 saturated carbocycles. The number of aryl methyl sites for hydroxylation is 2. The van der Waals surface area contributed by atoms with Crippen molar-refractivity contribution in [1.29, 1.82) is 0 Å². The molecule has 3 aliphatic rings. The molecule has 0 bridgehead atoms. The standard InChI is InChI=1S/C54H51NP/c1-55(36-43-26-16-19-33-52(43)56(44-27-10-4-11-28-44)45-29-12-5-13-30-45)37-50-48(39-20-6-2-7-21-39)34-41-24-14-17-31-46(41)53(50)54-47-32-18-15-25-42(47)35-49(51(54)38-55)40-22-8-3-9-23-40/h2-13,16,19-23,26-30,33-35H,14-15,17-18,24-25,31-32,36-38H2,1H3/q+1. The lowest BCUT2D eigenvalue weighted by Crippen LogP contribution is -2.43. The monoisotopic (exact) mass is 744 g/mol. The SMILES string of the molecule is C[N+]1(Cc2ccccc2P(c2ccccc2)c2ccccc2)Cc2c(-c3ccccc3)cc3c(c2-c2c4c(cc(-c5ccccc5)c2C1)CCCC4)CCCC3. The van der Waals surface area contributed by atoms with Crippen LogP contribution in [0.4, 0.5) is 0 Å². The maximum atomic E-state index is 2.63. The van der Waals surface area contributed by atoms with Crippen LogP contribution < -0.4 is 15.9 Å². The molecule has 2 heteroatoms. The molecule has 0 radical (unpaired) electrons. The minimum absolute atomic E-state index is 0.736. The summed E-state index contributed by atoms with van der Waals surface area (Å²) < 4.78 is 0.918. The summed E-state index contributed by atoms with van der Waals surface area (Å²) in [5, 5.41) is 4.30. The zero-order chi connectivity index (χ0) is 37.5. The van der Waals surface area contributed by atoms with E-state index in [0.29, 0.717) is 0 Å². The summed E-state index contributed by atoms with van der Waals surface area (Å²) in [6, 6.07) is 60.0. The first-order valence-electron chi connectivity index (χ1n) is 20.9. The molecule has 0 amide bonds. The highest BCUT2D eigenvalue weighted by atomic mass is 31.1. The Bertz CT molecular complexity index is 2350. The summed E-state index contributed by atoms with van der Waals surface area (Å²) in [6.07, 6.45) is 9.85. The highest BCUT2D eigenvalue weighted by molar-refractivity contribution is 7.79. The van der Waals surface area contributed by atoms with E-state index in [2.05, 4.69) is 165 Å². The molecule has 2 aliphatic carbocycles. The van der Waals surface area contributed by atoms with Gasteiger partial charge < -0.3 is 4.48 Å². The summed E-state index contributed by atoms with van der Waals surface area (Å²) in [6.45, 7) is 2.95. The summed E-state index contributed by atoms with van der Waals surface area (Å²) >= 11 is 0. The molecule has 1 aliphatic heterocycles. The van der Waals surface area contributed by atoms with E-state index in [1.807, 2.05) is 0 Å². The quantitative estimate of drug-likeness (QED) is 0.113. The lowest BCUT2D eigenvalue weighted by atomic mass is 9.74. The van der Waals surface area contributed by atoms with Crippen LogP contribution in [0, 0.1) is 0 Å². The van der Waals surface area contributed by atoms with Gasteiger partial charge in [0.2, 0.25) is 0 Å². The normalized spacial score (nSPS) is 15.6. The third-order valence-corrected chi connectivity index (χ3v) is 15.4. The van der Waals surface area contributed by atoms with Crippen molar-refractivity contribution in [3.05, 3.63) is 197 Å². The first kappa shape index (κ1) is 35.4. The smallest absolute Gasteiger partial charge is 0.106 e. The Morgan fingerprint density at radius 3 is 1.34 bits per heavy atom. The van der Waals surface area contributed by atoms with Gasteiger partial charge in [0.1, 0.15) is 19.6 Å². The van der Waals surface area contributed by atoms with Crippen molar-refractivity contribution >= 4 is 23.8 Å². The van der Waals surface area contributed by atoms with E-state index in [-0.39, 0.29) is 0 Å². The van der Waals surface area contributed by atoms with Gasteiger partial charge >= 0.3 is 0 Å². The minimum atomic E-state index is -0.736. The summed E-state index contributed by atoms with van der Waals surface area (Å²) in [7, 11) is 1.84. The number of hydrogen-bond donors (Lipinski definition) is 0. The third-order valence-electron chi connectivity index (χ3n) is 12.8. The van der Waals surface area contributed by atoms with Crippen molar-refractivity contribution in [2.45, 2.75) is 71.0 Å². The summed E-state index contributed by atoms with van der Waals surface area (Å²) in [4.78, 5) is 0. The van der Waals surface area contributed by atoms with Gasteiger partial charge in [-0.3, -0.25) is 0 Å². The van der Waals surface area contributed by atoms with Gasteiger partial charge in [0.25, 0.3) is 0 Å². The molecule has 0 N–H and O–H groups in total. The van der Waals surface area contributed by atoms with Crippen LogP contribution in [-0.2, 0) is 45.3 Å². The van der Waals surface area contributed by atoms with Gasteiger partial charge in [0.15, 0.2) is 0 Å². The van der Waals surface area contributed by atoms with Crippen molar-refractivity contribution in [3.8, 4) is 33.4 Å². The predicted octanol–water partition coefficient (Wildman–Crippen LogP) is 11.9. The van der Waals surface area contributed by atoms with Crippen molar-refractivity contribution in [3.63, 3.8) is 0 Å². The lowest BCUT2D eigenvalue weighted by molar-refractivity contribution is -0.947. The van der Waals surface area contributed by atoms with Crippen LogP contribution in [0.5, 0.6) is 0 Å². The van der Waals surface area contributed by atoms with Gasteiger partial charge in [0.05, 0.1) is 7.05 Å². The maximum absolute atomic E-state index is 2.63. The summed E-state index contributed by atoms with van der Waals surface area (Å²) in [5.74, 6) is 0. The van der Waals surface area contributed by atoms with E-state index in [1.54, 1.807) is 44.5 Å². The van der Waals surface area contributed by atoms with Crippen LogP contribution in [0.1, 0.15) is 64.6 Å². The molecular weight excluding hydrogens is 694 g/mol. The number of nitrogens with zero attached hydrogens (tertiary/aromatic N) is 1. The number of benzene rings is 7. The first-order valence-corrected chi connectivity index (χ1v) is 22.3. The Morgan fingerprint density at radius 1 is 0.446 bits per heavy atom. The van der Waals surface area contributed by atoms with Crippen molar-refractivity contribution in [1.82, 2.24) is 0 Å². The van der Waals surface area contributed by atoms with Gasteiger partial charge in [-0.2, -0.15) is 0 Å².